The molecule has 1 heterocycles. The van der Waals surface area contributed by atoms with Crippen LogP contribution in [0.3, 0.4) is 0 Å². The van der Waals surface area contributed by atoms with E-state index >= 15 is 0 Å². The van der Waals surface area contributed by atoms with Gasteiger partial charge in [-0.2, -0.15) is 5.21 Å². The van der Waals surface area contributed by atoms with Gasteiger partial charge in [-0.15, -0.1) is 10.2 Å². The van der Waals surface area contributed by atoms with Crippen molar-refractivity contribution in [2.45, 2.75) is 13.0 Å². The summed E-state index contributed by atoms with van der Waals surface area (Å²) in [4.78, 5) is 11.8. The average Bonchev–Trinajstić information content (AvgIpc) is 2.99. The van der Waals surface area contributed by atoms with E-state index < -0.39 is 0 Å². The second kappa shape index (κ2) is 6.46. The monoisotopic (exact) mass is 273 g/mol. The Labute approximate surface area is 116 Å². The smallest absolute Gasteiger partial charge is 0.244 e. The number of nitrogens with one attached hydrogen (secondary N) is 2. The maximum Gasteiger partial charge on any atom is 0.244 e. The van der Waals surface area contributed by atoms with Crippen LogP contribution in [0.1, 0.15) is 24.4 Å². The van der Waals surface area contributed by atoms with E-state index in [1.807, 2.05) is 24.3 Å². The number of aromatic nitrogens is 4. The van der Waals surface area contributed by atoms with Crippen LogP contribution in [-0.2, 0) is 4.79 Å². The fourth-order valence-corrected chi connectivity index (χ4v) is 1.60. The van der Waals surface area contributed by atoms with Gasteiger partial charge in [-0.25, -0.2) is 0 Å². The summed E-state index contributed by atoms with van der Waals surface area (Å²) in [5, 5.41) is 16.1. The number of hydrogen-bond acceptors (Lipinski definition) is 5. The molecular weight excluding hydrogens is 258 g/mol. The maximum absolute atomic E-state index is 11.8. The number of methoxy groups -OCH3 is 1. The van der Waals surface area contributed by atoms with Gasteiger partial charge in [0.1, 0.15) is 5.75 Å². The molecule has 1 amide bonds. The number of H-pyrrole nitrogens is 1. The molecule has 1 aromatic carbocycles. The lowest BCUT2D eigenvalue weighted by molar-refractivity contribution is -0.117. The van der Waals surface area contributed by atoms with Crippen molar-refractivity contribution in [3.05, 3.63) is 41.7 Å². The summed E-state index contributed by atoms with van der Waals surface area (Å²) in [5.74, 6) is 0.950. The molecule has 7 nitrogen and oxygen atoms in total. The minimum atomic E-state index is -0.309. The highest BCUT2D eigenvalue weighted by Gasteiger charge is 2.11. The van der Waals surface area contributed by atoms with Crippen LogP contribution in [0.4, 0.5) is 0 Å². The second-order valence-corrected chi connectivity index (χ2v) is 4.11. The molecule has 0 bridgehead atoms. The molecule has 7 heteroatoms. The molecule has 0 aliphatic rings. The molecule has 2 N–H and O–H groups in total. The van der Waals surface area contributed by atoms with Crippen molar-refractivity contribution in [1.29, 1.82) is 0 Å². The molecule has 20 heavy (non-hydrogen) atoms. The Morgan fingerprint density at radius 3 is 3.05 bits per heavy atom. The Kier molecular flexibility index (Phi) is 4.43. The SMILES string of the molecule is COc1cccc(C=CC(=O)NC(C)c2nn[nH]n2)c1. The third kappa shape index (κ3) is 3.64. The van der Waals surface area contributed by atoms with E-state index in [4.69, 9.17) is 4.74 Å². The first kappa shape index (κ1) is 13.7. The summed E-state index contributed by atoms with van der Waals surface area (Å²) < 4.78 is 5.11. The van der Waals surface area contributed by atoms with Crippen LogP contribution in [0.2, 0.25) is 0 Å². The first-order valence-corrected chi connectivity index (χ1v) is 6.05. The van der Waals surface area contributed by atoms with Gasteiger partial charge < -0.3 is 10.1 Å². The third-order valence-corrected chi connectivity index (χ3v) is 2.63. The lowest BCUT2D eigenvalue weighted by atomic mass is 10.2. The minimum Gasteiger partial charge on any atom is -0.497 e. The summed E-state index contributed by atoms with van der Waals surface area (Å²) in [5.41, 5.74) is 0.881. The van der Waals surface area contributed by atoms with Crippen LogP contribution in [0.25, 0.3) is 6.08 Å². The predicted octanol–water partition coefficient (Wildman–Crippen LogP) is 1.10. The number of nitrogens with zero attached hydrogens (tertiary/aromatic N) is 3. The molecular formula is C13H15N5O2. The molecule has 0 radical (unpaired) electrons. The predicted molar refractivity (Wildman–Crippen MR) is 72.8 cm³/mol. The Bertz CT molecular complexity index is 595. The van der Waals surface area contributed by atoms with E-state index in [-0.39, 0.29) is 11.9 Å². The van der Waals surface area contributed by atoms with Crippen molar-refractivity contribution in [3.8, 4) is 5.75 Å². The van der Waals surface area contributed by atoms with Gasteiger partial charge in [0, 0.05) is 6.08 Å². The van der Waals surface area contributed by atoms with Gasteiger partial charge >= 0.3 is 0 Å². The lowest BCUT2D eigenvalue weighted by Crippen LogP contribution is -2.25. The normalized spacial score (nSPS) is 12.3. The highest BCUT2D eigenvalue weighted by Crippen LogP contribution is 2.13. The Balaban J connectivity index is 1.95. The van der Waals surface area contributed by atoms with E-state index in [1.54, 1.807) is 20.1 Å². The van der Waals surface area contributed by atoms with E-state index in [0.29, 0.717) is 5.82 Å². The van der Waals surface area contributed by atoms with Gasteiger partial charge in [-0.3, -0.25) is 4.79 Å². The number of aromatic amines is 1. The zero-order valence-corrected chi connectivity index (χ0v) is 11.2. The Morgan fingerprint density at radius 1 is 1.50 bits per heavy atom. The van der Waals surface area contributed by atoms with Crippen molar-refractivity contribution in [2.24, 2.45) is 0 Å². The van der Waals surface area contributed by atoms with Gasteiger partial charge in [-0.1, -0.05) is 17.3 Å². The zero-order valence-electron chi connectivity index (χ0n) is 11.2. The van der Waals surface area contributed by atoms with Crippen LogP contribution in [0.15, 0.2) is 30.3 Å². The molecule has 1 atom stereocenters. The van der Waals surface area contributed by atoms with E-state index in [0.717, 1.165) is 11.3 Å². The van der Waals surface area contributed by atoms with Crippen LogP contribution >= 0.6 is 0 Å². The standard InChI is InChI=1S/C13H15N5O2/c1-9(13-15-17-18-16-13)14-12(19)7-6-10-4-3-5-11(8-10)20-2/h3-9H,1-2H3,(H,14,19)(H,15,16,17,18). The van der Waals surface area contributed by atoms with E-state index in [1.165, 1.54) is 6.08 Å². The first-order valence-electron chi connectivity index (χ1n) is 6.05. The van der Waals surface area contributed by atoms with Crippen molar-refractivity contribution >= 4 is 12.0 Å². The molecule has 0 fully saturated rings. The molecule has 1 aromatic heterocycles. The highest BCUT2D eigenvalue weighted by atomic mass is 16.5. The molecule has 0 aliphatic carbocycles. The largest absolute Gasteiger partial charge is 0.497 e. The number of carbonyl (C=O) groups is 1. The fraction of sp³-hybridized carbons (Fsp3) is 0.231. The summed E-state index contributed by atoms with van der Waals surface area (Å²) in [6.07, 6.45) is 3.16. The van der Waals surface area contributed by atoms with Crippen LogP contribution < -0.4 is 10.1 Å². The summed E-state index contributed by atoms with van der Waals surface area (Å²) >= 11 is 0. The number of ether oxygens (including phenoxy) is 1. The lowest BCUT2D eigenvalue weighted by Gasteiger charge is -2.07. The van der Waals surface area contributed by atoms with Gasteiger partial charge in [0.05, 0.1) is 13.2 Å². The fourth-order valence-electron chi connectivity index (χ4n) is 1.60. The minimum absolute atomic E-state index is 0.231. The quantitative estimate of drug-likeness (QED) is 0.796. The molecule has 0 spiro atoms. The molecule has 2 aromatic rings. The van der Waals surface area contributed by atoms with Crippen molar-refractivity contribution < 1.29 is 9.53 Å². The highest BCUT2D eigenvalue weighted by molar-refractivity contribution is 5.91. The van der Waals surface area contributed by atoms with Crippen molar-refractivity contribution in [2.75, 3.05) is 7.11 Å². The molecule has 104 valence electrons. The number of benzene rings is 1. The van der Waals surface area contributed by atoms with Gasteiger partial charge in [0.15, 0.2) is 5.82 Å². The molecule has 0 aliphatic heterocycles. The number of rotatable bonds is 5. The van der Waals surface area contributed by atoms with Crippen LogP contribution in [0.5, 0.6) is 5.75 Å². The number of tetrazole rings is 1. The Morgan fingerprint density at radius 2 is 2.35 bits per heavy atom. The van der Waals surface area contributed by atoms with E-state index in [9.17, 15) is 4.79 Å². The number of carbonyl (C=O) groups excluding carboxylic acids is 1. The summed E-state index contributed by atoms with van der Waals surface area (Å²) in [6, 6.07) is 7.12. The Hall–Kier alpha value is -2.70. The summed E-state index contributed by atoms with van der Waals surface area (Å²) in [6.45, 7) is 1.78. The number of amides is 1. The van der Waals surface area contributed by atoms with Crippen LogP contribution in [-0.4, -0.2) is 33.6 Å². The molecule has 0 saturated carbocycles. The maximum atomic E-state index is 11.8. The van der Waals surface area contributed by atoms with Crippen LogP contribution in [0, 0.1) is 0 Å². The number of hydrogen-bond donors (Lipinski definition) is 2. The second-order valence-electron chi connectivity index (χ2n) is 4.11. The summed E-state index contributed by atoms with van der Waals surface area (Å²) in [7, 11) is 1.60. The van der Waals surface area contributed by atoms with Gasteiger partial charge in [-0.05, 0) is 30.7 Å². The van der Waals surface area contributed by atoms with Crippen molar-refractivity contribution in [3.63, 3.8) is 0 Å². The van der Waals surface area contributed by atoms with Crippen molar-refractivity contribution in [1.82, 2.24) is 25.9 Å². The van der Waals surface area contributed by atoms with Gasteiger partial charge in [0.25, 0.3) is 0 Å². The van der Waals surface area contributed by atoms with E-state index in [2.05, 4.69) is 25.9 Å². The molecule has 0 saturated heterocycles. The third-order valence-electron chi connectivity index (χ3n) is 2.63. The topological polar surface area (TPSA) is 92.8 Å². The average molecular weight is 273 g/mol. The first-order chi connectivity index (χ1) is 9.69. The molecule has 1 unspecified atom stereocenters. The van der Waals surface area contributed by atoms with Gasteiger partial charge in [0.2, 0.25) is 5.91 Å². The zero-order chi connectivity index (χ0) is 14.4. The molecule has 2 rings (SSSR count).